The lowest BCUT2D eigenvalue weighted by Crippen LogP contribution is -2.11. The van der Waals surface area contributed by atoms with Crippen LogP contribution in [0.25, 0.3) is 6.08 Å². The van der Waals surface area contributed by atoms with Gasteiger partial charge in [-0.3, -0.25) is 0 Å². The normalized spacial score (nSPS) is 19.0. The van der Waals surface area contributed by atoms with Crippen LogP contribution >= 0.6 is 11.3 Å². The van der Waals surface area contributed by atoms with Crippen molar-refractivity contribution >= 4 is 17.4 Å². The number of aliphatic hydroxyl groups excluding tert-OH is 1. The van der Waals surface area contributed by atoms with Gasteiger partial charge < -0.3 is 5.11 Å². The van der Waals surface area contributed by atoms with Gasteiger partial charge in [-0.15, -0.1) is 11.3 Å². The Hall–Kier alpha value is -0.670. The molecule has 1 aromatic rings. The van der Waals surface area contributed by atoms with Gasteiger partial charge >= 0.3 is 0 Å². The molecule has 88 valence electrons. The minimum Gasteiger partial charge on any atom is -0.392 e. The average Bonchev–Trinajstić information content (AvgIpc) is 2.73. The summed E-state index contributed by atoms with van der Waals surface area (Å²) in [5, 5.41) is 12.6. The Morgan fingerprint density at radius 1 is 1.50 bits per heavy atom. The fourth-order valence-corrected chi connectivity index (χ4v) is 2.97. The predicted octanol–water partition coefficient (Wildman–Crippen LogP) is 3.41. The Bertz CT molecular complexity index is 364. The van der Waals surface area contributed by atoms with E-state index >= 15 is 0 Å². The third-order valence-electron chi connectivity index (χ3n) is 3.28. The molecule has 3 heteroatoms. The van der Waals surface area contributed by atoms with Gasteiger partial charge in [0.25, 0.3) is 0 Å². The van der Waals surface area contributed by atoms with Crippen molar-refractivity contribution in [1.82, 2.24) is 4.98 Å². The lowest BCUT2D eigenvalue weighted by Gasteiger charge is -2.23. The lowest BCUT2D eigenvalue weighted by molar-refractivity contribution is 0.295. The third kappa shape index (κ3) is 2.92. The van der Waals surface area contributed by atoms with E-state index in [1.54, 1.807) is 11.3 Å². The molecule has 0 bridgehead atoms. The van der Waals surface area contributed by atoms with Gasteiger partial charge in [-0.25, -0.2) is 4.98 Å². The molecule has 0 saturated heterocycles. The van der Waals surface area contributed by atoms with Gasteiger partial charge in [-0.1, -0.05) is 19.3 Å². The number of nitrogens with zero attached hydrogens (tertiary/aromatic N) is 1. The van der Waals surface area contributed by atoms with Gasteiger partial charge in [0, 0.05) is 5.38 Å². The summed E-state index contributed by atoms with van der Waals surface area (Å²) in [4.78, 5) is 4.42. The highest BCUT2D eigenvalue weighted by Gasteiger charge is 2.17. The third-order valence-corrected chi connectivity index (χ3v) is 4.07. The highest BCUT2D eigenvalue weighted by atomic mass is 32.1. The molecule has 1 saturated carbocycles. The van der Waals surface area contributed by atoms with Crippen molar-refractivity contribution in [3.8, 4) is 0 Å². The van der Waals surface area contributed by atoms with E-state index in [4.69, 9.17) is 0 Å². The fraction of sp³-hybridized carbons (Fsp3) is 0.615. The van der Waals surface area contributed by atoms with Gasteiger partial charge in [0.2, 0.25) is 0 Å². The number of aromatic nitrogens is 1. The zero-order chi connectivity index (χ0) is 11.4. The van der Waals surface area contributed by atoms with E-state index in [1.165, 1.54) is 37.7 Å². The summed E-state index contributed by atoms with van der Waals surface area (Å²) in [6, 6.07) is 0. The second-order valence-corrected chi connectivity index (χ2v) is 5.57. The number of aryl methyl sites for hydroxylation is 1. The maximum absolute atomic E-state index is 9.45. The average molecular weight is 237 g/mol. The molecule has 0 radical (unpaired) electrons. The molecule has 1 fully saturated rings. The first-order chi connectivity index (χ1) is 7.79. The SMILES string of the molecule is Cc1nc(C=C(CO)C2CCCCC2)cs1. The Balaban J connectivity index is 2.11. The van der Waals surface area contributed by atoms with Crippen molar-refractivity contribution in [3.63, 3.8) is 0 Å². The summed E-state index contributed by atoms with van der Waals surface area (Å²) in [5.41, 5.74) is 2.18. The van der Waals surface area contributed by atoms with Crippen LogP contribution in [0, 0.1) is 12.8 Å². The summed E-state index contributed by atoms with van der Waals surface area (Å²) >= 11 is 1.67. The monoisotopic (exact) mass is 237 g/mol. The highest BCUT2D eigenvalue weighted by Crippen LogP contribution is 2.30. The van der Waals surface area contributed by atoms with Gasteiger partial charge in [0.05, 0.1) is 17.3 Å². The molecule has 0 aliphatic heterocycles. The molecule has 0 amide bonds. The Morgan fingerprint density at radius 3 is 2.81 bits per heavy atom. The second kappa shape index (κ2) is 5.60. The molecule has 0 aromatic carbocycles. The van der Waals surface area contributed by atoms with Gasteiger partial charge in [0.1, 0.15) is 0 Å². The van der Waals surface area contributed by atoms with E-state index in [1.807, 2.05) is 6.92 Å². The maximum atomic E-state index is 9.45. The first-order valence-corrected chi connectivity index (χ1v) is 6.91. The molecule has 16 heavy (non-hydrogen) atoms. The molecular formula is C13H19NOS. The first kappa shape index (κ1) is 11.8. The number of rotatable bonds is 3. The molecular weight excluding hydrogens is 218 g/mol. The van der Waals surface area contributed by atoms with Gasteiger partial charge in [-0.2, -0.15) is 0 Å². The summed E-state index contributed by atoms with van der Waals surface area (Å²) < 4.78 is 0. The lowest BCUT2D eigenvalue weighted by atomic mass is 9.83. The Kier molecular flexibility index (Phi) is 4.13. The smallest absolute Gasteiger partial charge is 0.0901 e. The van der Waals surface area contributed by atoms with Crippen LogP contribution in [-0.2, 0) is 0 Å². The van der Waals surface area contributed by atoms with Crippen LogP contribution in [0.4, 0.5) is 0 Å². The summed E-state index contributed by atoms with van der Waals surface area (Å²) in [7, 11) is 0. The minimum absolute atomic E-state index is 0.182. The van der Waals surface area contributed by atoms with Crippen molar-refractivity contribution in [1.29, 1.82) is 0 Å². The van der Waals surface area contributed by atoms with Crippen LogP contribution < -0.4 is 0 Å². The predicted molar refractivity (Wildman–Crippen MR) is 68.5 cm³/mol. The number of hydrogen-bond acceptors (Lipinski definition) is 3. The zero-order valence-electron chi connectivity index (χ0n) is 9.78. The van der Waals surface area contributed by atoms with E-state index in [9.17, 15) is 5.11 Å². The quantitative estimate of drug-likeness (QED) is 0.874. The Labute approximate surface area is 101 Å². The molecule has 0 spiro atoms. The Morgan fingerprint density at radius 2 is 2.25 bits per heavy atom. The fourth-order valence-electron chi connectivity index (χ4n) is 2.40. The molecule has 2 nitrogen and oxygen atoms in total. The molecule has 1 aromatic heterocycles. The van der Waals surface area contributed by atoms with E-state index in [2.05, 4.69) is 16.4 Å². The van der Waals surface area contributed by atoms with Crippen molar-refractivity contribution in [3.05, 3.63) is 21.7 Å². The molecule has 1 heterocycles. The molecule has 1 aliphatic rings. The van der Waals surface area contributed by atoms with Crippen LogP contribution in [-0.4, -0.2) is 16.7 Å². The minimum atomic E-state index is 0.182. The van der Waals surface area contributed by atoms with Crippen LogP contribution in [0.1, 0.15) is 42.8 Å². The summed E-state index contributed by atoms with van der Waals surface area (Å²) in [6.45, 7) is 2.20. The van der Waals surface area contributed by atoms with Crippen molar-refractivity contribution < 1.29 is 5.11 Å². The van der Waals surface area contributed by atoms with Crippen LogP contribution in [0.3, 0.4) is 0 Å². The zero-order valence-corrected chi connectivity index (χ0v) is 10.6. The van der Waals surface area contributed by atoms with Gasteiger partial charge in [0.15, 0.2) is 0 Å². The molecule has 0 atom stereocenters. The summed E-state index contributed by atoms with van der Waals surface area (Å²) in [5.74, 6) is 0.584. The van der Waals surface area contributed by atoms with E-state index in [0.29, 0.717) is 5.92 Å². The number of aliphatic hydroxyl groups is 1. The topological polar surface area (TPSA) is 33.1 Å². The van der Waals surface area contributed by atoms with Crippen molar-refractivity contribution in [2.45, 2.75) is 39.0 Å². The van der Waals surface area contributed by atoms with Crippen molar-refractivity contribution in [2.24, 2.45) is 5.92 Å². The molecule has 1 aliphatic carbocycles. The van der Waals surface area contributed by atoms with Crippen LogP contribution in [0.5, 0.6) is 0 Å². The van der Waals surface area contributed by atoms with E-state index in [-0.39, 0.29) is 6.61 Å². The van der Waals surface area contributed by atoms with Crippen molar-refractivity contribution in [2.75, 3.05) is 6.61 Å². The van der Waals surface area contributed by atoms with E-state index < -0.39 is 0 Å². The molecule has 2 rings (SSSR count). The number of thiazole rings is 1. The summed E-state index contributed by atoms with van der Waals surface area (Å²) in [6.07, 6.45) is 8.51. The van der Waals surface area contributed by atoms with Gasteiger partial charge in [-0.05, 0) is 37.3 Å². The second-order valence-electron chi connectivity index (χ2n) is 4.50. The standard InChI is InChI=1S/C13H19NOS/c1-10-14-13(9-16-10)7-12(8-15)11-5-3-2-4-6-11/h7,9,11,15H,2-6,8H2,1H3. The molecule has 0 unspecified atom stereocenters. The van der Waals surface area contributed by atoms with E-state index in [0.717, 1.165) is 10.7 Å². The molecule has 1 N–H and O–H groups in total. The number of hydrogen-bond donors (Lipinski definition) is 1. The van der Waals surface area contributed by atoms with Crippen LogP contribution in [0.15, 0.2) is 11.0 Å². The van der Waals surface area contributed by atoms with Crippen LogP contribution in [0.2, 0.25) is 0 Å². The maximum Gasteiger partial charge on any atom is 0.0901 e. The first-order valence-electron chi connectivity index (χ1n) is 6.03. The highest BCUT2D eigenvalue weighted by molar-refractivity contribution is 7.09. The largest absolute Gasteiger partial charge is 0.392 e.